The predicted molar refractivity (Wildman–Crippen MR) is 78.1 cm³/mol. The van der Waals surface area contributed by atoms with Crippen LogP contribution in [0.1, 0.15) is 41.5 Å². The van der Waals surface area contributed by atoms with Crippen molar-refractivity contribution in [3.8, 4) is 0 Å². The van der Waals surface area contributed by atoms with E-state index < -0.39 is 11.6 Å². The first-order valence-electron chi connectivity index (χ1n) is 7.64. The second-order valence-corrected chi connectivity index (χ2v) is 6.18. The van der Waals surface area contributed by atoms with Crippen LogP contribution in [0.4, 0.5) is 8.78 Å². The number of aryl methyl sites for hydroxylation is 1. The number of benzene rings is 1. The van der Waals surface area contributed by atoms with E-state index in [4.69, 9.17) is 0 Å². The highest BCUT2D eigenvalue weighted by molar-refractivity contribution is 5.29. The van der Waals surface area contributed by atoms with Gasteiger partial charge in [0, 0.05) is 48.4 Å². The minimum absolute atomic E-state index is 0.249. The average Bonchev–Trinajstić information content (AvgIpc) is 2.75. The maximum absolute atomic E-state index is 13.9. The van der Waals surface area contributed by atoms with Gasteiger partial charge in [-0.15, -0.1) is 0 Å². The van der Waals surface area contributed by atoms with E-state index in [9.17, 15) is 8.78 Å². The molecule has 1 aromatic heterocycles. The number of hydrogen-bond acceptors (Lipinski definition) is 3. The molecule has 0 N–H and O–H groups in total. The zero-order chi connectivity index (χ0) is 15.3. The average molecular weight is 301 g/mol. The Kier molecular flexibility index (Phi) is 3.18. The maximum Gasteiger partial charge on any atom is 0.130 e. The van der Waals surface area contributed by atoms with Crippen molar-refractivity contribution in [3.05, 3.63) is 58.7 Å². The third kappa shape index (κ3) is 2.20. The van der Waals surface area contributed by atoms with E-state index in [1.165, 1.54) is 11.6 Å². The Balaban J connectivity index is 1.65. The molecule has 2 atom stereocenters. The van der Waals surface area contributed by atoms with Gasteiger partial charge in [0.05, 0.1) is 5.69 Å². The molecule has 2 bridgehead atoms. The van der Waals surface area contributed by atoms with Crippen molar-refractivity contribution < 1.29 is 8.78 Å². The monoisotopic (exact) mass is 301 g/mol. The molecule has 114 valence electrons. The summed E-state index contributed by atoms with van der Waals surface area (Å²) in [6.07, 6.45) is 4.94. The number of halogens is 2. The molecule has 5 heteroatoms. The molecule has 0 saturated carbocycles. The lowest BCUT2D eigenvalue weighted by atomic mass is 9.98. The Morgan fingerprint density at radius 1 is 1.27 bits per heavy atom. The first-order chi connectivity index (χ1) is 10.6. The molecular formula is C17H17F2N3. The van der Waals surface area contributed by atoms with Crippen molar-refractivity contribution in [3.63, 3.8) is 0 Å². The van der Waals surface area contributed by atoms with Crippen molar-refractivity contribution in [2.45, 2.75) is 44.8 Å². The maximum atomic E-state index is 13.9. The molecule has 0 unspecified atom stereocenters. The summed E-state index contributed by atoms with van der Waals surface area (Å²) >= 11 is 0. The minimum Gasteiger partial charge on any atom is -0.289 e. The highest BCUT2D eigenvalue weighted by Gasteiger charge is 2.40. The fourth-order valence-electron chi connectivity index (χ4n) is 3.77. The van der Waals surface area contributed by atoms with Gasteiger partial charge in [0.25, 0.3) is 0 Å². The third-order valence-electron chi connectivity index (χ3n) is 4.82. The Morgan fingerprint density at radius 2 is 2.14 bits per heavy atom. The Morgan fingerprint density at radius 3 is 2.95 bits per heavy atom. The summed E-state index contributed by atoms with van der Waals surface area (Å²) in [6.45, 7) is 2.41. The molecule has 0 radical (unpaired) electrons. The molecule has 1 aromatic carbocycles. The van der Waals surface area contributed by atoms with Gasteiger partial charge in [0.2, 0.25) is 0 Å². The molecule has 0 amide bonds. The first-order valence-corrected chi connectivity index (χ1v) is 7.64. The highest BCUT2D eigenvalue weighted by atomic mass is 19.1. The molecule has 22 heavy (non-hydrogen) atoms. The molecule has 3 nitrogen and oxygen atoms in total. The number of fused-ring (bicyclic) bond motifs is 4. The van der Waals surface area contributed by atoms with Crippen molar-refractivity contribution in [1.29, 1.82) is 0 Å². The molecule has 1 saturated heterocycles. The number of nitrogens with zero attached hydrogens (tertiary/aromatic N) is 3. The van der Waals surface area contributed by atoms with E-state index in [1.807, 2.05) is 13.1 Å². The fraction of sp³-hybridized carbons (Fsp3) is 0.412. The second kappa shape index (κ2) is 5.09. The van der Waals surface area contributed by atoms with Crippen LogP contribution in [0.3, 0.4) is 0 Å². The molecule has 2 aromatic rings. The highest BCUT2D eigenvalue weighted by Crippen LogP contribution is 2.43. The molecule has 0 aliphatic carbocycles. The van der Waals surface area contributed by atoms with Gasteiger partial charge in [-0.3, -0.25) is 4.90 Å². The Bertz CT molecular complexity index is 732. The first kappa shape index (κ1) is 13.8. The van der Waals surface area contributed by atoms with Crippen LogP contribution in [0.25, 0.3) is 0 Å². The fourth-order valence-corrected chi connectivity index (χ4v) is 3.77. The number of aromatic nitrogens is 2. The third-order valence-corrected chi connectivity index (χ3v) is 4.82. The van der Waals surface area contributed by atoms with Crippen LogP contribution >= 0.6 is 0 Å². The number of rotatable bonds is 2. The van der Waals surface area contributed by atoms with Crippen LogP contribution in [0, 0.1) is 18.6 Å². The Hall–Kier alpha value is -1.88. The van der Waals surface area contributed by atoms with Crippen molar-refractivity contribution in [2.75, 3.05) is 0 Å². The summed E-state index contributed by atoms with van der Waals surface area (Å²) in [7, 11) is 0. The molecular weight excluding hydrogens is 284 g/mol. The zero-order valence-electron chi connectivity index (χ0n) is 12.4. The van der Waals surface area contributed by atoms with E-state index in [-0.39, 0.29) is 6.04 Å². The van der Waals surface area contributed by atoms with Gasteiger partial charge in [-0.1, -0.05) is 6.07 Å². The lowest BCUT2D eigenvalue weighted by molar-refractivity contribution is 0.164. The molecule has 2 aliphatic rings. The largest absolute Gasteiger partial charge is 0.289 e. The quantitative estimate of drug-likeness (QED) is 0.852. The second-order valence-electron chi connectivity index (χ2n) is 6.18. The summed E-state index contributed by atoms with van der Waals surface area (Å²) in [6, 6.07) is 4.47. The zero-order valence-corrected chi connectivity index (χ0v) is 12.4. The van der Waals surface area contributed by atoms with Gasteiger partial charge in [-0.05, 0) is 25.8 Å². The normalized spacial score (nSPS) is 23.6. The molecule has 1 fully saturated rings. The van der Waals surface area contributed by atoms with E-state index in [2.05, 4.69) is 14.9 Å². The van der Waals surface area contributed by atoms with E-state index in [0.29, 0.717) is 18.2 Å². The van der Waals surface area contributed by atoms with Gasteiger partial charge in [-0.25, -0.2) is 18.7 Å². The summed E-state index contributed by atoms with van der Waals surface area (Å²) in [5, 5.41) is 0. The SMILES string of the molecule is Cc1ncc2c(n1)C[C@@H]1CC[C@H]2N1Cc1ccc(F)cc1F. The van der Waals surface area contributed by atoms with Gasteiger partial charge < -0.3 is 0 Å². The van der Waals surface area contributed by atoms with Crippen LogP contribution in [0.2, 0.25) is 0 Å². The summed E-state index contributed by atoms with van der Waals surface area (Å²) in [5.74, 6) is -0.196. The van der Waals surface area contributed by atoms with E-state index in [1.54, 1.807) is 6.07 Å². The van der Waals surface area contributed by atoms with Crippen LogP contribution in [-0.2, 0) is 13.0 Å². The minimum atomic E-state index is -0.530. The van der Waals surface area contributed by atoms with Gasteiger partial charge in [0.15, 0.2) is 0 Å². The summed E-state index contributed by atoms with van der Waals surface area (Å²) in [4.78, 5) is 11.2. The van der Waals surface area contributed by atoms with Gasteiger partial charge >= 0.3 is 0 Å². The van der Waals surface area contributed by atoms with Crippen molar-refractivity contribution >= 4 is 0 Å². The van der Waals surface area contributed by atoms with Gasteiger partial charge in [-0.2, -0.15) is 0 Å². The lowest BCUT2D eigenvalue weighted by Crippen LogP contribution is -2.37. The van der Waals surface area contributed by atoms with Crippen LogP contribution in [0.5, 0.6) is 0 Å². The van der Waals surface area contributed by atoms with E-state index in [0.717, 1.165) is 36.8 Å². The standard InChI is InChI=1S/C17H17F2N3/c1-10-20-8-14-16(21-10)7-13-4-5-17(14)22(13)9-11-2-3-12(18)6-15(11)19/h2-3,6,8,13,17H,4-5,7,9H2,1H3/t13-,17+/m0/s1. The van der Waals surface area contributed by atoms with Crippen molar-refractivity contribution in [1.82, 2.24) is 14.9 Å². The van der Waals surface area contributed by atoms with Crippen LogP contribution < -0.4 is 0 Å². The topological polar surface area (TPSA) is 29.0 Å². The molecule has 4 rings (SSSR count). The predicted octanol–water partition coefficient (Wildman–Crippen LogP) is 3.33. The molecule has 0 spiro atoms. The number of hydrogen-bond donors (Lipinski definition) is 0. The summed E-state index contributed by atoms with van der Waals surface area (Å²) < 4.78 is 27.0. The van der Waals surface area contributed by atoms with Crippen LogP contribution in [-0.4, -0.2) is 20.9 Å². The lowest BCUT2D eigenvalue weighted by Gasteiger charge is -2.35. The Labute approximate surface area is 128 Å². The van der Waals surface area contributed by atoms with Gasteiger partial charge in [0.1, 0.15) is 17.5 Å². The molecule has 2 aliphatic heterocycles. The summed E-state index contributed by atoms with van der Waals surface area (Å²) in [5.41, 5.74) is 2.85. The van der Waals surface area contributed by atoms with Crippen LogP contribution in [0.15, 0.2) is 24.4 Å². The molecule has 3 heterocycles. The smallest absolute Gasteiger partial charge is 0.130 e. The van der Waals surface area contributed by atoms with Crippen molar-refractivity contribution in [2.24, 2.45) is 0 Å². The van der Waals surface area contributed by atoms with E-state index >= 15 is 0 Å².